The Morgan fingerprint density at radius 2 is 1.93 bits per heavy atom. The molecule has 0 saturated heterocycles. The van der Waals surface area contributed by atoms with Crippen LogP contribution in [0.2, 0.25) is 0 Å². The Morgan fingerprint density at radius 3 is 2.43 bits per heavy atom. The van der Waals surface area contributed by atoms with Gasteiger partial charge in [0.2, 0.25) is 0 Å². The van der Waals surface area contributed by atoms with Crippen molar-refractivity contribution < 1.29 is 10.2 Å². The van der Waals surface area contributed by atoms with Crippen molar-refractivity contribution in [2.24, 2.45) is 5.41 Å². The van der Waals surface area contributed by atoms with Crippen molar-refractivity contribution in [1.82, 2.24) is 0 Å². The Balaban J connectivity index is 2.70. The molecule has 1 unspecified atom stereocenters. The molecule has 0 aliphatic carbocycles. The summed E-state index contributed by atoms with van der Waals surface area (Å²) in [5.74, 6) is 0.253. The van der Waals surface area contributed by atoms with E-state index in [4.69, 9.17) is 0 Å². The number of phenolic OH excluding ortho intramolecular Hbond substituents is 1. The number of hydrogen-bond acceptors (Lipinski definition) is 2. The number of aliphatic hydroxyl groups excluding tert-OH is 1. The van der Waals surface area contributed by atoms with E-state index in [1.54, 1.807) is 18.2 Å². The molecule has 0 aliphatic heterocycles. The average molecular weight is 194 g/mol. The molecule has 1 rings (SSSR count). The van der Waals surface area contributed by atoms with Gasteiger partial charge in [-0.1, -0.05) is 32.9 Å². The molecule has 2 N–H and O–H groups in total. The fraction of sp³-hybridized carbons (Fsp3) is 0.500. The van der Waals surface area contributed by atoms with Gasteiger partial charge in [-0.15, -0.1) is 0 Å². The Hall–Kier alpha value is -1.02. The molecule has 0 spiro atoms. The third-order valence-corrected chi connectivity index (χ3v) is 2.34. The molecule has 0 heterocycles. The molecule has 0 fully saturated rings. The SMILES string of the molecule is CC(C)(C)C(O)Cc1cccc(O)c1. The number of hydrogen-bond donors (Lipinski definition) is 2. The second kappa shape index (κ2) is 4.01. The second-order valence-electron chi connectivity index (χ2n) is 4.76. The van der Waals surface area contributed by atoms with Crippen LogP contribution in [0.1, 0.15) is 26.3 Å². The van der Waals surface area contributed by atoms with Gasteiger partial charge in [0.15, 0.2) is 0 Å². The maximum absolute atomic E-state index is 9.85. The summed E-state index contributed by atoms with van der Waals surface area (Å²) < 4.78 is 0. The van der Waals surface area contributed by atoms with Crippen molar-refractivity contribution in [1.29, 1.82) is 0 Å². The van der Waals surface area contributed by atoms with E-state index in [-0.39, 0.29) is 17.3 Å². The number of phenols is 1. The monoisotopic (exact) mass is 194 g/mol. The van der Waals surface area contributed by atoms with E-state index in [1.165, 1.54) is 0 Å². The zero-order valence-electron chi connectivity index (χ0n) is 8.99. The topological polar surface area (TPSA) is 40.5 Å². The fourth-order valence-corrected chi connectivity index (χ4v) is 1.21. The Morgan fingerprint density at radius 1 is 1.29 bits per heavy atom. The maximum atomic E-state index is 9.85. The first-order chi connectivity index (χ1) is 6.39. The number of benzene rings is 1. The van der Waals surface area contributed by atoms with Crippen molar-refractivity contribution in [3.05, 3.63) is 29.8 Å². The molecule has 0 amide bonds. The van der Waals surface area contributed by atoms with Crippen LogP contribution in [0, 0.1) is 5.41 Å². The normalized spacial score (nSPS) is 14.0. The standard InChI is InChI=1S/C12H18O2/c1-12(2,3)11(14)8-9-5-4-6-10(13)7-9/h4-7,11,13-14H,8H2,1-3H3. The summed E-state index contributed by atoms with van der Waals surface area (Å²) in [5, 5.41) is 19.1. The van der Waals surface area contributed by atoms with Gasteiger partial charge in [0, 0.05) is 0 Å². The Kier molecular flexibility index (Phi) is 3.17. The first-order valence-corrected chi connectivity index (χ1v) is 4.85. The molecule has 78 valence electrons. The van der Waals surface area contributed by atoms with E-state index < -0.39 is 0 Å². The molecular weight excluding hydrogens is 176 g/mol. The molecule has 0 radical (unpaired) electrons. The van der Waals surface area contributed by atoms with Crippen molar-refractivity contribution >= 4 is 0 Å². The Labute approximate surface area is 85.2 Å². The van der Waals surface area contributed by atoms with Crippen molar-refractivity contribution in [3.8, 4) is 5.75 Å². The van der Waals surface area contributed by atoms with Gasteiger partial charge in [0.25, 0.3) is 0 Å². The van der Waals surface area contributed by atoms with Crippen molar-refractivity contribution in [2.45, 2.75) is 33.3 Å². The lowest BCUT2D eigenvalue weighted by molar-refractivity contribution is 0.0636. The van der Waals surface area contributed by atoms with Gasteiger partial charge in [-0.25, -0.2) is 0 Å². The zero-order valence-corrected chi connectivity index (χ0v) is 8.99. The highest BCUT2D eigenvalue weighted by atomic mass is 16.3. The first kappa shape index (κ1) is 11.1. The van der Waals surface area contributed by atoms with Crippen LogP contribution in [0.4, 0.5) is 0 Å². The van der Waals surface area contributed by atoms with Crippen LogP contribution in [-0.4, -0.2) is 16.3 Å². The molecule has 0 aromatic heterocycles. The van der Waals surface area contributed by atoms with Crippen molar-refractivity contribution in [2.75, 3.05) is 0 Å². The highest BCUT2D eigenvalue weighted by Crippen LogP contribution is 2.23. The third-order valence-electron chi connectivity index (χ3n) is 2.34. The van der Waals surface area contributed by atoms with Gasteiger partial charge < -0.3 is 10.2 Å². The van der Waals surface area contributed by atoms with Gasteiger partial charge in [-0.2, -0.15) is 0 Å². The van der Waals surface area contributed by atoms with Crippen LogP contribution >= 0.6 is 0 Å². The number of aliphatic hydroxyl groups is 1. The molecule has 2 nitrogen and oxygen atoms in total. The number of rotatable bonds is 2. The minimum Gasteiger partial charge on any atom is -0.508 e. The summed E-state index contributed by atoms with van der Waals surface area (Å²) in [5.41, 5.74) is 0.846. The van der Waals surface area contributed by atoms with Crippen LogP contribution < -0.4 is 0 Å². The molecule has 0 saturated carbocycles. The Bertz CT molecular complexity index is 299. The summed E-state index contributed by atoms with van der Waals surface area (Å²) in [6, 6.07) is 7.02. The molecule has 1 aromatic rings. The van der Waals surface area contributed by atoms with E-state index >= 15 is 0 Å². The minimum absolute atomic E-state index is 0.120. The van der Waals surface area contributed by atoms with Gasteiger partial charge in [-0.05, 0) is 29.5 Å². The van der Waals surface area contributed by atoms with Crippen LogP contribution in [0.15, 0.2) is 24.3 Å². The van der Waals surface area contributed by atoms with E-state index in [0.29, 0.717) is 6.42 Å². The second-order valence-corrected chi connectivity index (χ2v) is 4.76. The lowest BCUT2D eigenvalue weighted by Crippen LogP contribution is -2.27. The van der Waals surface area contributed by atoms with Crippen LogP contribution in [0.5, 0.6) is 5.75 Å². The fourth-order valence-electron chi connectivity index (χ4n) is 1.21. The van der Waals surface area contributed by atoms with Gasteiger partial charge >= 0.3 is 0 Å². The van der Waals surface area contributed by atoms with Crippen molar-refractivity contribution in [3.63, 3.8) is 0 Å². The predicted molar refractivity (Wildman–Crippen MR) is 57.3 cm³/mol. The van der Waals surface area contributed by atoms with E-state index in [1.807, 2.05) is 26.8 Å². The summed E-state index contributed by atoms with van der Waals surface area (Å²) in [7, 11) is 0. The number of aromatic hydroxyl groups is 1. The molecular formula is C12H18O2. The van der Waals surface area contributed by atoms with Crippen LogP contribution in [0.25, 0.3) is 0 Å². The largest absolute Gasteiger partial charge is 0.508 e. The molecule has 0 aliphatic rings. The lowest BCUT2D eigenvalue weighted by Gasteiger charge is -2.25. The minimum atomic E-state index is -0.385. The molecule has 1 atom stereocenters. The molecule has 2 heteroatoms. The first-order valence-electron chi connectivity index (χ1n) is 4.85. The highest BCUT2D eigenvalue weighted by Gasteiger charge is 2.22. The summed E-state index contributed by atoms with van der Waals surface area (Å²) in [4.78, 5) is 0. The van der Waals surface area contributed by atoms with Gasteiger partial charge in [-0.3, -0.25) is 0 Å². The smallest absolute Gasteiger partial charge is 0.115 e. The van der Waals surface area contributed by atoms with Crippen LogP contribution in [0.3, 0.4) is 0 Å². The van der Waals surface area contributed by atoms with Gasteiger partial charge in [0.05, 0.1) is 6.10 Å². The summed E-state index contributed by atoms with van der Waals surface area (Å²) in [6.45, 7) is 6.00. The van der Waals surface area contributed by atoms with Crippen LogP contribution in [-0.2, 0) is 6.42 Å². The molecule has 14 heavy (non-hydrogen) atoms. The lowest BCUT2D eigenvalue weighted by atomic mass is 9.85. The van der Waals surface area contributed by atoms with E-state index in [2.05, 4.69) is 0 Å². The highest BCUT2D eigenvalue weighted by molar-refractivity contribution is 5.27. The summed E-state index contributed by atoms with van der Waals surface area (Å²) in [6.07, 6.45) is 0.196. The van der Waals surface area contributed by atoms with E-state index in [9.17, 15) is 10.2 Å². The van der Waals surface area contributed by atoms with Gasteiger partial charge in [0.1, 0.15) is 5.75 Å². The molecule has 1 aromatic carbocycles. The summed E-state index contributed by atoms with van der Waals surface area (Å²) >= 11 is 0. The quantitative estimate of drug-likeness (QED) is 0.758. The zero-order chi connectivity index (χ0) is 10.8. The average Bonchev–Trinajstić information content (AvgIpc) is 2.02. The third kappa shape index (κ3) is 3.04. The van der Waals surface area contributed by atoms with E-state index in [0.717, 1.165) is 5.56 Å². The molecule has 0 bridgehead atoms. The predicted octanol–water partition coefficient (Wildman–Crippen LogP) is 2.34. The maximum Gasteiger partial charge on any atom is 0.115 e.